The molecule has 0 fully saturated rings. The summed E-state index contributed by atoms with van der Waals surface area (Å²) in [6.45, 7) is 4.19. The Morgan fingerprint density at radius 1 is 0.909 bits per heavy atom. The minimum atomic E-state index is -0.124. The van der Waals surface area contributed by atoms with Crippen LogP contribution in [0.2, 0.25) is 0 Å². The van der Waals surface area contributed by atoms with E-state index in [1.165, 1.54) is 51.4 Å². The third kappa shape index (κ3) is 15.8. The van der Waals surface area contributed by atoms with Crippen molar-refractivity contribution in [3.63, 3.8) is 0 Å². The van der Waals surface area contributed by atoms with Gasteiger partial charge in [0.05, 0.1) is 19.6 Å². The lowest BCUT2D eigenvalue weighted by Crippen LogP contribution is -2.25. The Morgan fingerprint density at radius 2 is 1.45 bits per heavy atom. The number of nitrogens with zero attached hydrogens (tertiary/aromatic N) is 1. The largest absolute Gasteiger partial charge is 0.466 e. The zero-order chi connectivity index (χ0) is 16.5. The van der Waals surface area contributed by atoms with Gasteiger partial charge in [-0.15, -0.1) is 0 Å². The lowest BCUT2D eigenvalue weighted by molar-refractivity contribution is -0.144. The van der Waals surface area contributed by atoms with E-state index in [0.29, 0.717) is 26.1 Å². The zero-order valence-electron chi connectivity index (χ0n) is 14.8. The number of unbranched alkanes of at least 4 members (excludes halogenated alkanes) is 9. The van der Waals surface area contributed by atoms with Gasteiger partial charge >= 0.3 is 5.97 Å². The van der Waals surface area contributed by atoms with Crippen molar-refractivity contribution >= 4 is 5.97 Å². The molecule has 0 spiro atoms. The number of ether oxygens (including phenoxy) is 1. The van der Waals surface area contributed by atoms with Gasteiger partial charge in [-0.2, -0.15) is 0 Å². The van der Waals surface area contributed by atoms with E-state index in [2.05, 4.69) is 6.92 Å². The maximum absolute atomic E-state index is 11.5. The Labute approximate surface area is 137 Å². The molecule has 0 aromatic rings. The summed E-state index contributed by atoms with van der Waals surface area (Å²) in [5.74, 6) is -0.124. The van der Waals surface area contributed by atoms with Crippen molar-refractivity contribution < 1.29 is 14.6 Å². The molecule has 22 heavy (non-hydrogen) atoms. The smallest absolute Gasteiger partial charge is 0.307 e. The van der Waals surface area contributed by atoms with Crippen molar-refractivity contribution in [2.75, 3.05) is 33.4 Å². The maximum atomic E-state index is 11.5. The van der Waals surface area contributed by atoms with Crippen LogP contribution in [0.3, 0.4) is 0 Å². The average Bonchev–Trinajstić information content (AvgIpc) is 2.51. The number of carbonyl (C=O) groups excluding carboxylic acids is 1. The van der Waals surface area contributed by atoms with Gasteiger partial charge in [0.1, 0.15) is 0 Å². The monoisotopic (exact) mass is 315 g/mol. The van der Waals surface area contributed by atoms with Crippen molar-refractivity contribution in [1.29, 1.82) is 0 Å². The van der Waals surface area contributed by atoms with Gasteiger partial charge in [0.2, 0.25) is 0 Å². The molecule has 0 saturated heterocycles. The first-order chi connectivity index (χ1) is 10.7. The fourth-order valence-electron chi connectivity index (χ4n) is 2.41. The summed E-state index contributed by atoms with van der Waals surface area (Å²) >= 11 is 0. The zero-order valence-corrected chi connectivity index (χ0v) is 14.8. The van der Waals surface area contributed by atoms with Crippen molar-refractivity contribution in [1.82, 2.24) is 4.90 Å². The standard InChI is InChI=1S/C18H37NO3/c1-3-4-5-6-7-8-9-10-11-12-17-22-18(21)13-14-19(2)15-16-20/h20H,3-17H2,1-2H3. The molecule has 1 N–H and O–H groups in total. The number of likely N-dealkylation sites (N-methyl/N-ethyl adjacent to an activating group) is 1. The summed E-state index contributed by atoms with van der Waals surface area (Å²) in [7, 11) is 1.89. The Kier molecular flexibility index (Phi) is 16.3. The van der Waals surface area contributed by atoms with Crippen LogP contribution in [0.25, 0.3) is 0 Å². The highest BCUT2D eigenvalue weighted by Crippen LogP contribution is 2.10. The van der Waals surface area contributed by atoms with Crippen molar-refractivity contribution in [3.05, 3.63) is 0 Å². The first kappa shape index (κ1) is 21.4. The molecule has 0 aliphatic heterocycles. The van der Waals surface area contributed by atoms with Crippen LogP contribution in [0.15, 0.2) is 0 Å². The van der Waals surface area contributed by atoms with Crippen molar-refractivity contribution in [2.45, 2.75) is 77.6 Å². The average molecular weight is 315 g/mol. The second-order valence-electron chi connectivity index (χ2n) is 6.18. The van der Waals surface area contributed by atoms with Crippen molar-refractivity contribution in [2.24, 2.45) is 0 Å². The van der Waals surface area contributed by atoms with E-state index in [1.807, 2.05) is 11.9 Å². The van der Waals surface area contributed by atoms with Gasteiger partial charge in [-0.25, -0.2) is 0 Å². The molecule has 0 unspecified atom stereocenters. The highest BCUT2D eigenvalue weighted by molar-refractivity contribution is 5.69. The molecule has 0 atom stereocenters. The van der Waals surface area contributed by atoms with Gasteiger partial charge in [0, 0.05) is 13.1 Å². The molecule has 0 aliphatic carbocycles. The summed E-state index contributed by atoms with van der Waals surface area (Å²) in [5.41, 5.74) is 0. The number of aliphatic hydroxyl groups is 1. The van der Waals surface area contributed by atoms with Crippen LogP contribution in [0, 0.1) is 0 Å². The van der Waals surface area contributed by atoms with Crippen LogP contribution in [0.5, 0.6) is 0 Å². The molecule has 0 bridgehead atoms. The molecule has 0 heterocycles. The summed E-state index contributed by atoms with van der Waals surface area (Å²) in [4.78, 5) is 13.4. The predicted molar refractivity (Wildman–Crippen MR) is 92.0 cm³/mol. The van der Waals surface area contributed by atoms with E-state index in [0.717, 1.165) is 12.8 Å². The molecule has 0 aromatic carbocycles. The highest BCUT2D eigenvalue weighted by atomic mass is 16.5. The van der Waals surface area contributed by atoms with Crippen LogP contribution >= 0.6 is 0 Å². The molecule has 4 heteroatoms. The summed E-state index contributed by atoms with van der Waals surface area (Å²) in [6, 6.07) is 0. The van der Waals surface area contributed by atoms with Gasteiger partial charge in [-0.3, -0.25) is 4.79 Å². The van der Waals surface area contributed by atoms with Crippen LogP contribution < -0.4 is 0 Å². The van der Waals surface area contributed by atoms with E-state index in [1.54, 1.807) is 0 Å². The minimum absolute atomic E-state index is 0.124. The molecule has 0 saturated carbocycles. The number of rotatable bonds is 16. The topological polar surface area (TPSA) is 49.8 Å². The molecule has 0 rings (SSSR count). The molecule has 0 radical (unpaired) electrons. The molecule has 4 nitrogen and oxygen atoms in total. The molecule has 0 amide bonds. The lowest BCUT2D eigenvalue weighted by atomic mass is 10.1. The van der Waals surface area contributed by atoms with Gasteiger partial charge < -0.3 is 14.7 Å². The molecular weight excluding hydrogens is 278 g/mol. The number of carbonyl (C=O) groups is 1. The second-order valence-corrected chi connectivity index (χ2v) is 6.18. The fraction of sp³-hybridized carbons (Fsp3) is 0.944. The SMILES string of the molecule is CCCCCCCCCCCCOC(=O)CCN(C)CCO. The Balaban J connectivity index is 3.20. The van der Waals surface area contributed by atoms with E-state index >= 15 is 0 Å². The number of aliphatic hydroxyl groups excluding tert-OH is 1. The quantitative estimate of drug-likeness (QED) is 0.348. The summed E-state index contributed by atoms with van der Waals surface area (Å²) < 4.78 is 5.21. The highest BCUT2D eigenvalue weighted by Gasteiger charge is 2.05. The number of hydrogen-bond acceptors (Lipinski definition) is 4. The number of hydrogen-bond donors (Lipinski definition) is 1. The predicted octanol–water partition coefficient (Wildman–Crippen LogP) is 3.76. The Hall–Kier alpha value is -0.610. The van der Waals surface area contributed by atoms with Crippen molar-refractivity contribution in [3.8, 4) is 0 Å². The van der Waals surface area contributed by atoms with Gasteiger partial charge in [0.25, 0.3) is 0 Å². The van der Waals surface area contributed by atoms with Gasteiger partial charge in [-0.05, 0) is 13.5 Å². The third-order valence-corrected chi connectivity index (χ3v) is 3.94. The first-order valence-electron chi connectivity index (χ1n) is 9.15. The van der Waals surface area contributed by atoms with Crippen LogP contribution in [0.1, 0.15) is 77.6 Å². The van der Waals surface area contributed by atoms with Gasteiger partial charge in [0.15, 0.2) is 0 Å². The van der Waals surface area contributed by atoms with E-state index in [-0.39, 0.29) is 12.6 Å². The number of esters is 1. The van der Waals surface area contributed by atoms with E-state index in [9.17, 15) is 4.79 Å². The molecule has 132 valence electrons. The van der Waals surface area contributed by atoms with E-state index in [4.69, 9.17) is 9.84 Å². The van der Waals surface area contributed by atoms with Gasteiger partial charge in [-0.1, -0.05) is 64.7 Å². The summed E-state index contributed by atoms with van der Waals surface area (Å²) in [6.07, 6.45) is 13.3. The van der Waals surface area contributed by atoms with Crippen LogP contribution in [-0.4, -0.2) is 49.3 Å². The third-order valence-electron chi connectivity index (χ3n) is 3.94. The fourth-order valence-corrected chi connectivity index (χ4v) is 2.41. The minimum Gasteiger partial charge on any atom is -0.466 e. The lowest BCUT2D eigenvalue weighted by Gasteiger charge is -2.14. The second kappa shape index (κ2) is 16.8. The summed E-state index contributed by atoms with van der Waals surface area (Å²) in [5, 5.41) is 8.76. The van der Waals surface area contributed by atoms with Crippen LogP contribution in [0.4, 0.5) is 0 Å². The Morgan fingerprint density at radius 3 is 2.00 bits per heavy atom. The normalized spacial score (nSPS) is 11.1. The van der Waals surface area contributed by atoms with E-state index < -0.39 is 0 Å². The first-order valence-corrected chi connectivity index (χ1v) is 9.15. The molecule has 0 aliphatic rings. The van der Waals surface area contributed by atoms with Crippen LogP contribution in [-0.2, 0) is 9.53 Å². The molecule has 0 aromatic heterocycles. The maximum Gasteiger partial charge on any atom is 0.307 e. The Bertz CT molecular complexity index is 246. The molecular formula is C18H37NO3.